The zero-order valence-electron chi connectivity index (χ0n) is 13.5. The van der Waals surface area contributed by atoms with E-state index in [1.165, 1.54) is 0 Å². The van der Waals surface area contributed by atoms with Crippen molar-refractivity contribution in [3.8, 4) is 17.0 Å². The van der Waals surface area contributed by atoms with E-state index in [-0.39, 0.29) is 5.91 Å². The first-order valence-corrected chi connectivity index (χ1v) is 7.80. The number of rotatable bonds is 6. The van der Waals surface area contributed by atoms with Crippen molar-refractivity contribution in [3.05, 3.63) is 72.2 Å². The molecule has 0 aliphatic carbocycles. The molecular weight excluding hydrogens is 302 g/mol. The van der Waals surface area contributed by atoms with E-state index in [0.29, 0.717) is 12.2 Å². The monoisotopic (exact) mass is 321 g/mol. The number of hydrogen-bond acceptors (Lipinski definition) is 3. The van der Waals surface area contributed by atoms with E-state index < -0.39 is 0 Å². The summed E-state index contributed by atoms with van der Waals surface area (Å²) in [7, 11) is 1.63. The van der Waals surface area contributed by atoms with Gasteiger partial charge in [0, 0.05) is 30.8 Å². The lowest BCUT2D eigenvalue weighted by Crippen LogP contribution is -2.17. The molecule has 0 atom stereocenters. The summed E-state index contributed by atoms with van der Waals surface area (Å²) in [4.78, 5) is 18.9. The predicted molar refractivity (Wildman–Crippen MR) is 93.1 cm³/mol. The highest BCUT2D eigenvalue weighted by molar-refractivity contribution is 5.94. The Balaban J connectivity index is 1.66. The fraction of sp³-hybridized carbons (Fsp3) is 0.158. The number of para-hydroxylation sites is 1. The quantitative estimate of drug-likeness (QED) is 0.733. The molecule has 0 unspecified atom stereocenters. The van der Waals surface area contributed by atoms with Crippen LogP contribution in [0.15, 0.2) is 61.1 Å². The van der Waals surface area contributed by atoms with Crippen molar-refractivity contribution in [1.82, 2.24) is 15.3 Å². The summed E-state index contributed by atoms with van der Waals surface area (Å²) in [5.74, 6) is 0.716. The third-order valence-electron chi connectivity index (χ3n) is 3.73. The molecule has 0 spiro atoms. The maximum absolute atomic E-state index is 11.7. The third-order valence-corrected chi connectivity index (χ3v) is 3.73. The largest absolute Gasteiger partial charge is 0.493 e. The average molecular weight is 321 g/mol. The molecule has 24 heavy (non-hydrogen) atoms. The van der Waals surface area contributed by atoms with Crippen molar-refractivity contribution in [1.29, 1.82) is 0 Å². The van der Waals surface area contributed by atoms with Crippen LogP contribution in [0.25, 0.3) is 11.3 Å². The summed E-state index contributed by atoms with van der Waals surface area (Å²) in [6, 6.07) is 15.4. The zero-order chi connectivity index (χ0) is 16.8. The van der Waals surface area contributed by atoms with Crippen LogP contribution >= 0.6 is 0 Å². The number of amides is 1. The Morgan fingerprint density at radius 2 is 2.08 bits per heavy atom. The second-order valence-electron chi connectivity index (χ2n) is 5.33. The summed E-state index contributed by atoms with van der Waals surface area (Å²) < 4.78 is 5.94. The van der Waals surface area contributed by atoms with E-state index in [1.807, 2.05) is 48.7 Å². The van der Waals surface area contributed by atoms with Gasteiger partial charge in [-0.05, 0) is 29.8 Å². The van der Waals surface area contributed by atoms with Gasteiger partial charge in [-0.25, -0.2) is 4.98 Å². The van der Waals surface area contributed by atoms with Crippen molar-refractivity contribution < 1.29 is 9.53 Å². The molecule has 2 aromatic carbocycles. The summed E-state index contributed by atoms with van der Waals surface area (Å²) in [6.45, 7) is 0.526. The Kier molecular flexibility index (Phi) is 4.91. The number of H-pyrrole nitrogens is 1. The van der Waals surface area contributed by atoms with E-state index in [4.69, 9.17) is 4.74 Å². The molecule has 5 nitrogen and oxygen atoms in total. The first kappa shape index (κ1) is 15.8. The van der Waals surface area contributed by atoms with E-state index >= 15 is 0 Å². The number of imidazole rings is 1. The Morgan fingerprint density at radius 1 is 1.21 bits per heavy atom. The number of carbonyl (C=O) groups excluding carboxylic acids is 1. The van der Waals surface area contributed by atoms with Gasteiger partial charge in [0.15, 0.2) is 0 Å². The molecule has 0 fully saturated rings. The summed E-state index contributed by atoms with van der Waals surface area (Å²) in [5, 5.41) is 2.63. The zero-order valence-corrected chi connectivity index (χ0v) is 13.5. The molecule has 0 aliphatic rings. The van der Waals surface area contributed by atoms with Crippen molar-refractivity contribution >= 4 is 5.91 Å². The number of benzene rings is 2. The number of carbonyl (C=O) groups is 1. The molecule has 0 saturated heterocycles. The number of aromatic amines is 1. The number of ether oxygens (including phenoxy) is 1. The van der Waals surface area contributed by atoms with Crippen LogP contribution in [0.5, 0.6) is 5.75 Å². The Bertz CT molecular complexity index is 813. The van der Waals surface area contributed by atoms with Gasteiger partial charge in [0.2, 0.25) is 0 Å². The van der Waals surface area contributed by atoms with E-state index in [0.717, 1.165) is 29.0 Å². The number of nitrogens with zero attached hydrogens (tertiary/aromatic N) is 1. The predicted octanol–water partition coefficient (Wildman–Crippen LogP) is 3.06. The molecule has 2 N–H and O–H groups in total. The molecule has 3 rings (SSSR count). The second-order valence-corrected chi connectivity index (χ2v) is 5.33. The van der Waals surface area contributed by atoms with Crippen molar-refractivity contribution in [2.75, 3.05) is 13.7 Å². The van der Waals surface area contributed by atoms with Gasteiger partial charge in [0.05, 0.1) is 18.6 Å². The summed E-state index contributed by atoms with van der Waals surface area (Å²) in [6.07, 6.45) is 4.21. The van der Waals surface area contributed by atoms with Crippen molar-refractivity contribution in [2.45, 2.75) is 6.42 Å². The van der Waals surface area contributed by atoms with Gasteiger partial charge in [-0.2, -0.15) is 0 Å². The average Bonchev–Trinajstić information content (AvgIpc) is 3.16. The molecule has 0 radical (unpaired) electrons. The third kappa shape index (κ3) is 3.63. The lowest BCUT2D eigenvalue weighted by Gasteiger charge is -2.10. The molecule has 1 heterocycles. The van der Waals surface area contributed by atoms with Crippen LogP contribution in [0.1, 0.15) is 15.9 Å². The van der Waals surface area contributed by atoms with E-state index in [9.17, 15) is 4.79 Å². The Morgan fingerprint density at radius 3 is 2.88 bits per heavy atom. The molecule has 1 aromatic heterocycles. The van der Waals surface area contributed by atoms with Gasteiger partial charge in [-0.1, -0.05) is 24.3 Å². The first-order chi connectivity index (χ1) is 11.8. The van der Waals surface area contributed by atoms with Gasteiger partial charge in [-0.15, -0.1) is 0 Å². The molecule has 0 bridgehead atoms. The fourth-order valence-electron chi connectivity index (χ4n) is 2.50. The van der Waals surface area contributed by atoms with Gasteiger partial charge in [0.25, 0.3) is 5.91 Å². The molecule has 0 aliphatic heterocycles. The molecule has 3 aromatic rings. The van der Waals surface area contributed by atoms with Gasteiger partial charge >= 0.3 is 0 Å². The Labute approximate surface area is 140 Å². The lowest BCUT2D eigenvalue weighted by atomic mass is 10.1. The van der Waals surface area contributed by atoms with Crippen molar-refractivity contribution in [3.63, 3.8) is 0 Å². The summed E-state index contributed by atoms with van der Waals surface area (Å²) >= 11 is 0. The van der Waals surface area contributed by atoms with Gasteiger partial charge in [0.1, 0.15) is 5.75 Å². The number of aromatic nitrogens is 2. The molecular formula is C19H19N3O2. The molecule has 122 valence electrons. The van der Waals surface area contributed by atoms with Crippen LogP contribution in [-0.4, -0.2) is 29.5 Å². The van der Waals surface area contributed by atoms with Gasteiger partial charge < -0.3 is 15.0 Å². The van der Waals surface area contributed by atoms with Crippen LogP contribution in [-0.2, 0) is 6.42 Å². The minimum atomic E-state index is -0.0818. The minimum Gasteiger partial charge on any atom is -0.493 e. The molecule has 5 heteroatoms. The summed E-state index contributed by atoms with van der Waals surface area (Å²) in [5.41, 5.74) is 3.53. The number of hydrogen-bond donors (Lipinski definition) is 2. The van der Waals surface area contributed by atoms with Gasteiger partial charge in [-0.3, -0.25) is 4.79 Å². The standard InChI is InChI=1S/C19H19N3O2/c1-20-19(23)15-6-4-5-14(11-15)9-10-24-18-8-3-2-7-16(18)17-12-21-13-22-17/h2-8,11-13H,9-10H2,1H3,(H,20,23)(H,21,22). The lowest BCUT2D eigenvalue weighted by molar-refractivity contribution is 0.0963. The Hall–Kier alpha value is -3.08. The minimum absolute atomic E-state index is 0.0818. The van der Waals surface area contributed by atoms with Crippen molar-refractivity contribution in [2.24, 2.45) is 0 Å². The highest BCUT2D eigenvalue weighted by Crippen LogP contribution is 2.27. The highest BCUT2D eigenvalue weighted by atomic mass is 16.5. The maximum atomic E-state index is 11.7. The topological polar surface area (TPSA) is 67.0 Å². The van der Waals surface area contributed by atoms with Crippen LogP contribution in [0, 0.1) is 0 Å². The SMILES string of the molecule is CNC(=O)c1cccc(CCOc2ccccc2-c2c[nH]cn2)c1. The first-order valence-electron chi connectivity index (χ1n) is 7.80. The van der Waals surface area contributed by atoms with Crippen LogP contribution in [0.4, 0.5) is 0 Å². The molecule has 0 saturated carbocycles. The smallest absolute Gasteiger partial charge is 0.251 e. The number of nitrogens with one attached hydrogen (secondary N) is 2. The van der Waals surface area contributed by atoms with Crippen LogP contribution in [0.2, 0.25) is 0 Å². The maximum Gasteiger partial charge on any atom is 0.251 e. The highest BCUT2D eigenvalue weighted by Gasteiger charge is 2.08. The van der Waals surface area contributed by atoms with Crippen LogP contribution < -0.4 is 10.1 Å². The van der Waals surface area contributed by atoms with E-state index in [2.05, 4.69) is 15.3 Å². The fourth-order valence-corrected chi connectivity index (χ4v) is 2.50. The van der Waals surface area contributed by atoms with Crippen LogP contribution in [0.3, 0.4) is 0 Å². The molecule has 1 amide bonds. The normalized spacial score (nSPS) is 10.4. The van der Waals surface area contributed by atoms with E-state index in [1.54, 1.807) is 19.4 Å². The second kappa shape index (κ2) is 7.46.